The smallest absolute Gasteiger partial charge is 0.230 e. The van der Waals surface area contributed by atoms with E-state index in [1.165, 1.54) is 0 Å². The van der Waals surface area contributed by atoms with Gasteiger partial charge in [0.25, 0.3) is 0 Å². The Balaban J connectivity index is 0.00000288. The molecule has 0 radical (unpaired) electrons. The third kappa shape index (κ3) is 5.73. The number of ether oxygens (including phenoxy) is 2. The van der Waals surface area contributed by atoms with Crippen LogP contribution in [0.25, 0.3) is 0 Å². The number of nitrogens with zero attached hydrogens (tertiary/aromatic N) is 2. The van der Waals surface area contributed by atoms with E-state index in [1.54, 1.807) is 11.9 Å². The van der Waals surface area contributed by atoms with Crippen LogP contribution in [-0.4, -0.2) is 76.9 Å². The monoisotopic (exact) mass is 454 g/mol. The molecule has 1 heterocycles. The Morgan fingerprint density at radius 3 is 2.50 bits per heavy atom. The van der Waals surface area contributed by atoms with E-state index < -0.39 is 0 Å². The number of hydrogen-bond donors (Lipinski definition) is 2. The molecule has 0 bridgehead atoms. The molecular weight excluding hydrogens is 423 g/mol. The van der Waals surface area contributed by atoms with Crippen molar-refractivity contribution in [1.82, 2.24) is 15.5 Å². The fourth-order valence-corrected chi connectivity index (χ4v) is 3.33. The van der Waals surface area contributed by atoms with Gasteiger partial charge in [0.05, 0.1) is 31.3 Å². The molecule has 1 unspecified atom stereocenters. The Morgan fingerprint density at radius 1 is 1.25 bits per heavy atom. The number of amides is 1. The molecule has 0 spiro atoms. The van der Waals surface area contributed by atoms with Crippen molar-refractivity contribution < 1.29 is 14.3 Å². The number of carbonyl (C=O) groups excluding carboxylic acids is 1. The van der Waals surface area contributed by atoms with E-state index in [9.17, 15) is 4.79 Å². The van der Waals surface area contributed by atoms with E-state index in [-0.39, 0.29) is 41.4 Å². The summed E-state index contributed by atoms with van der Waals surface area (Å²) in [5, 5.41) is 6.58. The van der Waals surface area contributed by atoms with Crippen molar-refractivity contribution in [2.45, 2.75) is 31.8 Å². The number of nitrogens with one attached hydrogen (secondary N) is 2. The van der Waals surface area contributed by atoms with Crippen LogP contribution in [-0.2, 0) is 14.3 Å². The Kier molecular flexibility index (Phi) is 9.28. The van der Waals surface area contributed by atoms with Crippen LogP contribution in [0.15, 0.2) is 4.99 Å². The highest BCUT2D eigenvalue weighted by molar-refractivity contribution is 14.0. The average molecular weight is 454 g/mol. The third-order valence-electron chi connectivity index (χ3n) is 4.62. The second-order valence-electron chi connectivity index (χ2n) is 6.56. The first-order valence-corrected chi connectivity index (χ1v) is 8.43. The first-order valence-electron chi connectivity index (χ1n) is 8.43. The minimum Gasteiger partial charge on any atom is -0.376 e. The van der Waals surface area contributed by atoms with Gasteiger partial charge in [0.1, 0.15) is 0 Å². The van der Waals surface area contributed by atoms with Crippen molar-refractivity contribution in [2.75, 3.05) is 54.1 Å². The first kappa shape index (κ1) is 21.4. The van der Waals surface area contributed by atoms with Crippen LogP contribution in [0.5, 0.6) is 0 Å². The van der Waals surface area contributed by atoms with Crippen LogP contribution in [0.3, 0.4) is 0 Å². The summed E-state index contributed by atoms with van der Waals surface area (Å²) in [6.07, 6.45) is 4.15. The summed E-state index contributed by atoms with van der Waals surface area (Å²) < 4.78 is 11.0. The van der Waals surface area contributed by atoms with Crippen LogP contribution in [0.2, 0.25) is 0 Å². The van der Waals surface area contributed by atoms with Gasteiger partial charge >= 0.3 is 0 Å². The van der Waals surface area contributed by atoms with Crippen molar-refractivity contribution in [3.05, 3.63) is 0 Å². The summed E-state index contributed by atoms with van der Waals surface area (Å²) in [5.74, 6) is 0.916. The maximum atomic E-state index is 12.6. The van der Waals surface area contributed by atoms with E-state index in [0.717, 1.165) is 25.7 Å². The molecule has 1 saturated heterocycles. The second-order valence-corrected chi connectivity index (χ2v) is 6.56. The van der Waals surface area contributed by atoms with Crippen molar-refractivity contribution in [2.24, 2.45) is 10.4 Å². The molecule has 24 heavy (non-hydrogen) atoms. The summed E-state index contributed by atoms with van der Waals surface area (Å²) in [6, 6.07) is 0. The number of halogens is 1. The lowest BCUT2D eigenvalue weighted by molar-refractivity contribution is -0.138. The summed E-state index contributed by atoms with van der Waals surface area (Å²) in [5.41, 5.74) is -0.300. The lowest BCUT2D eigenvalue weighted by Crippen LogP contribution is -2.50. The van der Waals surface area contributed by atoms with Gasteiger partial charge in [-0.05, 0) is 12.8 Å². The van der Waals surface area contributed by atoms with Crippen LogP contribution in [0, 0.1) is 5.41 Å². The molecule has 1 amide bonds. The zero-order valence-electron chi connectivity index (χ0n) is 15.0. The molecule has 1 aliphatic heterocycles. The van der Waals surface area contributed by atoms with Crippen molar-refractivity contribution >= 4 is 35.8 Å². The minimum absolute atomic E-state index is 0. The molecule has 2 fully saturated rings. The van der Waals surface area contributed by atoms with E-state index in [0.29, 0.717) is 38.9 Å². The number of guanidine groups is 1. The van der Waals surface area contributed by atoms with Crippen LogP contribution in [0.4, 0.5) is 0 Å². The van der Waals surface area contributed by atoms with Crippen molar-refractivity contribution in [3.8, 4) is 0 Å². The molecule has 8 heteroatoms. The highest BCUT2D eigenvalue weighted by Crippen LogP contribution is 2.38. The van der Waals surface area contributed by atoms with Gasteiger partial charge in [0, 0.05) is 34.2 Å². The van der Waals surface area contributed by atoms with Gasteiger partial charge in [-0.25, -0.2) is 0 Å². The lowest BCUT2D eigenvalue weighted by Gasteiger charge is -2.31. The van der Waals surface area contributed by atoms with Crippen LogP contribution < -0.4 is 10.6 Å². The van der Waals surface area contributed by atoms with Crippen LogP contribution >= 0.6 is 24.0 Å². The van der Waals surface area contributed by atoms with Gasteiger partial charge in [-0.3, -0.25) is 9.79 Å². The Bertz CT molecular complexity index is 420. The predicted molar refractivity (Wildman–Crippen MR) is 105 cm³/mol. The molecule has 0 aromatic heterocycles. The summed E-state index contributed by atoms with van der Waals surface area (Å²) in [4.78, 5) is 18.5. The first-order chi connectivity index (χ1) is 11.1. The Labute approximate surface area is 161 Å². The molecule has 140 valence electrons. The molecule has 0 aromatic rings. The molecular formula is C16H31IN4O3. The van der Waals surface area contributed by atoms with E-state index >= 15 is 0 Å². The van der Waals surface area contributed by atoms with E-state index in [2.05, 4.69) is 15.6 Å². The summed E-state index contributed by atoms with van der Waals surface area (Å²) in [7, 11) is 5.40. The Morgan fingerprint density at radius 2 is 1.96 bits per heavy atom. The van der Waals surface area contributed by atoms with Gasteiger partial charge in [0.15, 0.2) is 5.96 Å². The lowest BCUT2D eigenvalue weighted by atomic mass is 9.84. The number of aliphatic imine (C=N–C) groups is 1. The number of rotatable bonds is 5. The average Bonchev–Trinajstić information content (AvgIpc) is 3.05. The molecule has 0 aromatic carbocycles. The maximum absolute atomic E-state index is 12.6. The standard InChI is InChI=1S/C16H30N4O3.HI/c1-17-15(18-10-13-11-22-8-9-23-13)19-12-16(6-4-5-7-16)14(21)20(2)3;/h13H,4-12H2,1-3H3,(H2,17,18,19);1H. The Hall–Kier alpha value is -0.610. The van der Waals surface area contributed by atoms with Crippen molar-refractivity contribution in [1.29, 1.82) is 0 Å². The largest absolute Gasteiger partial charge is 0.376 e. The summed E-state index contributed by atoms with van der Waals surface area (Å²) >= 11 is 0. The quantitative estimate of drug-likeness (QED) is 0.366. The topological polar surface area (TPSA) is 75.2 Å². The molecule has 1 saturated carbocycles. The number of hydrogen-bond acceptors (Lipinski definition) is 4. The molecule has 2 rings (SSSR count). The zero-order chi connectivity index (χ0) is 16.7. The predicted octanol–water partition coefficient (Wildman–Crippen LogP) is 0.833. The fourth-order valence-electron chi connectivity index (χ4n) is 3.33. The SMILES string of the molecule is CN=C(NCC1COCCO1)NCC1(C(=O)N(C)C)CCCC1.I. The van der Waals surface area contributed by atoms with E-state index in [4.69, 9.17) is 9.47 Å². The minimum atomic E-state index is -0.300. The molecule has 1 atom stereocenters. The van der Waals surface area contributed by atoms with Gasteiger partial charge in [-0.2, -0.15) is 0 Å². The van der Waals surface area contributed by atoms with Gasteiger partial charge in [0.2, 0.25) is 5.91 Å². The molecule has 2 aliphatic rings. The molecule has 7 nitrogen and oxygen atoms in total. The highest BCUT2D eigenvalue weighted by Gasteiger charge is 2.42. The molecule has 2 N–H and O–H groups in total. The molecule has 1 aliphatic carbocycles. The number of carbonyl (C=O) groups is 1. The van der Waals surface area contributed by atoms with Gasteiger partial charge in [-0.15, -0.1) is 24.0 Å². The van der Waals surface area contributed by atoms with Crippen LogP contribution in [0.1, 0.15) is 25.7 Å². The van der Waals surface area contributed by atoms with Gasteiger partial charge < -0.3 is 25.0 Å². The zero-order valence-corrected chi connectivity index (χ0v) is 17.3. The third-order valence-corrected chi connectivity index (χ3v) is 4.62. The maximum Gasteiger partial charge on any atom is 0.230 e. The summed E-state index contributed by atoms with van der Waals surface area (Å²) in [6.45, 7) is 3.17. The van der Waals surface area contributed by atoms with Gasteiger partial charge in [-0.1, -0.05) is 12.8 Å². The normalized spacial score (nSPS) is 23.3. The van der Waals surface area contributed by atoms with E-state index in [1.807, 2.05) is 14.1 Å². The highest BCUT2D eigenvalue weighted by atomic mass is 127. The van der Waals surface area contributed by atoms with Crippen molar-refractivity contribution in [3.63, 3.8) is 0 Å². The fraction of sp³-hybridized carbons (Fsp3) is 0.875. The second kappa shape index (κ2) is 10.4.